The molecule has 0 aliphatic carbocycles. The van der Waals surface area contributed by atoms with Gasteiger partial charge in [0, 0.05) is 36.8 Å². The molecule has 6 heteroatoms. The number of nitrogens with zero attached hydrogens (tertiary/aromatic N) is 2. The van der Waals surface area contributed by atoms with Gasteiger partial charge in [0.05, 0.1) is 19.5 Å². The minimum Gasteiger partial charge on any atom is -0.493 e. The summed E-state index contributed by atoms with van der Waals surface area (Å²) in [6.45, 7) is 5.20. The van der Waals surface area contributed by atoms with Crippen molar-refractivity contribution in [1.82, 2.24) is 4.90 Å². The Morgan fingerprint density at radius 3 is 2.26 bits per heavy atom. The number of rotatable bonds is 6. The van der Waals surface area contributed by atoms with Crippen LogP contribution >= 0.6 is 11.8 Å². The molecular weight excluding hydrogens is 360 g/mol. The van der Waals surface area contributed by atoms with Gasteiger partial charge in [-0.2, -0.15) is 0 Å². The van der Waals surface area contributed by atoms with E-state index >= 15 is 0 Å². The third kappa shape index (κ3) is 4.69. The summed E-state index contributed by atoms with van der Waals surface area (Å²) in [6.07, 6.45) is 0. The zero-order chi connectivity index (χ0) is 19.2. The molecule has 0 N–H and O–H groups in total. The Morgan fingerprint density at radius 1 is 0.963 bits per heavy atom. The maximum Gasteiger partial charge on any atom is 0.235 e. The van der Waals surface area contributed by atoms with Gasteiger partial charge in [0.25, 0.3) is 0 Å². The number of carbonyl (C=O) groups excluding carboxylic acids is 1. The second kappa shape index (κ2) is 9.04. The lowest BCUT2D eigenvalue weighted by atomic mass is 10.2. The zero-order valence-corrected chi connectivity index (χ0v) is 16.9. The number of benzene rings is 2. The largest absolute Gasteiger partial charge is 0.493 e. The number of anilines is 1. The topological polar surface area (TPSA) is 42.0 Å². The summed E-state index contributed by atoms with van der Waals surface area (Å²) in [4.78, 5) is 18.1. The lowest BCUT2D eigenvalue weighted by Crippen LogP contribution is -2.50. The molecule has 1 amide bonds. The SMILES string of the molecule is COc1ccc(S[C@@H](C)C(=O)N2CCN(c3ccccc3)CC2)cc1OC. The van der Waals surface area contributed by atoms with Crippen molar-refractivity contribution in [2.75, 3.05) is 45.3 Å². The summed E-state index contributed by atoms with van der Waals surface area (Å²) in [7, 11) is 3.24. The van der Waals surface area contributed by atoms with Gasteiger partial charge in [-0.05, 0) is 37.3 Å². The monoisotopic (exact) mass is 386 g/mol. The van der Waals surface area contributed by atoms with Crippen LogP contribution in [0.5, 0.6) is 11.5 Å². The van der Waals surface area contributed by atoms with Crippen LogP contribution in [-0.4, -0.2) is 56.5 Å². The number of hydrogen-bond donors (Lipinski definition) is 0. The highest BCUT2D eigenvalue weighted by Gasteiger charge is 2.25. The quantitative estimate of drug-likeness (QED) is 0.711. The van der Waals surface area contributed by atoms with Gasteiger partial charge in [-0.3, -0.25) is 4.79 Å². The summed E-state index contributed by atoms with van der Waals surface area (Å²) < 4.78 is 10.6. The second-order valence-corrected chi connectivity index (χ2v) is 7.84. The molecule has 0 aromatic heterocycles. The van der Waals surface area contributed by atoms with Gasteiger partial charge < -0.3 is 19.3 Å². The van der Waals surface area contributed by atoms with Crippen molar-refractivity contribution in [3.8, 4) is 11.5 Å². The van der Waals surface area contributed by atoms with Gasteiger partial charge >= 0.3 is 0 Å². The van der Waals surface area contributed by atoms with Crippen LogP contribution in [0.3, 0.4) is 0 Å². The fourth-order valence-electron chi connectivity index (χ4n) is 3.23. The number of para-hydroxylation sites is 1. The molecule has 0 unspecified atom stereocenters. The van der Waals surface area contributed by atoms with Crippen molar-refractivity contribution in [2.24, 2.45) is 0 Å². The first-order valence-corrected chi connectivity index (χ1v) is 9.98. The Labute approximate surface area is 165 Å². The van der Waals surface area contributed by atoms with Crippen molar-refractivity contribution in [1.29, 1.82) is 0 Å². The molecule has 0 radical (unpaired) electrons. The Bertz CT molecular complexity index is 761. The van der Waals surface area contributed by atoms with Gasteiger partial charge in [-0.1, -0.05) is 18.2 Å². The minimum atomic E-state index is -0.147. The van der Waals surface area contributed by atoms with Crippen LogP contribution in [0.4, 0.5) is 5.69 Å². The molecule has 27 heavy (non-hydrogen) atoms. The molecule has 1 fully saturated rings. The molecule has 3 rings (SSSR count). The predicted molar refractivity (Wildman–Crippen MR) is 110 cm³/mol. The summed E-state index contributed by atoms with van der Waals surface area (Å²) in [5.74, 6) is 1.55. The van der Waals surface area contributed by atoms with E-state index in [-0.39, 0.29) is 11.2 Å². The fraction of sp³-hybridized carbons (Fsp3) is 0.381. The van der Waals surface area contributed by atoms with E-state index in [1.807, 2.05) is 36.1 Å². The molecule has 1 saturated heterocycles. The van der Waals surface area contributed by atoms with Crippen LogP contribution in [0.15, 0.2) is 53.4 Å². The fourth-order valence-corrected chi connectivity index (χ4v) is 4.21. The minimum absolute atomic E-state index is 0.147. The summed E-state index contributed by atoms with van der Waals surface area (Å²) in [6, 6.07) is 16.1. The normalized spacial score (nSPS) is 15.4. The van der Waals surface area contributed by atoms with Gasteiger partial charge in [-0.25, -0.2) is 0 Å². The van der Waals surface area contributed by atoms with Gasteiger partial charge in [0.2, 0.25) is 5.91 Å². The van der Waals surface area contributed by atoms with Crippen LogP contribution in [0, 0.1) is 0 Å². The number of carbonyl (C=O) groups is 1. The predicted octanol–water partition coefficient (Wildman–Crippen LogP) is 3.53. The molecule has 144 valence electrons. The molecular formula is C21H26N2O3S. The maximum absolute atomic E-state index is 12.9. The molecule has 1 heterocycles. The van der Waals surface area contributed by atoms with E-state index in [0.717, 1.165) is 31.1 Å². The average Bonchev–Trinajstić information content (AvgIpc) is 2.73. The van der Waals surface area contributed by atoms with Crippen LogP contribution in [0.1, 0.15) is 6.92 Å². The van der Waals surface area contributed by atoms with E-state index in [1.165, 1.54) is 5.69 Å². The summed E-state index contributed by atoms with van der Waals surface area (Å²) in [5.41, 5.74) is 1.22. The van der Waals surface area contributed by atoms with Crippen molar-refractivity contribution < 1.29 is 14.3 Å². The van der Waals surface area contributed by atoms with Crippen molar-refractivity contribution >= 4 is 23.4 Å². The van der Waals surface area contributed by atoms with Gasteiger partial charge in [0.15, 0.2) is 11.5 Å². The van der Waals surface area contributed by atoms with Crippen LogP contribution in [0.2, 0.25) is 0 Å². The molecule has 0 spiro atoms. The molecule has 1 aliphatic heterocycles. The lowest BCUT2D eigenvalue weighted by molar-refractivity contribution is -0.130. The van der Waals surface area contributed by atoms with E-state index in [1.54, 1.807) is 26.0 Å². The molecule has 0 bridgehead atoms. The van der Waals surface area contributed by atoms with E-state index in [2.05, 4.69) is 29.2 Å². The Kier molecular flexibility index (Phi) is 6.50. The standard InChI is InChI=1S/C21H26N2O3S/c1-16(27-18-9-10-19(25-2)20(15-18)26-3)21(24)23-13-11-22(12-14-23)17-7-5-4-6-8-17/h4-10,15-16H,11-14H2,1-3H3/t16-/m0/s1. The lowest BCUT2D eigenvalue weighted by Gasteiger charge is -2.37. The van der Waals surface area contributed by atoms with Crippen molar-refractivity contribution in [2.45, 2.75) is 17.1 Å². The summed E-state index contributed by atoms with van der Waals surface area (Å²) >= 11 is 1.55. The molecule has 0 saturated carbocycles. The molecule has 2 aromatic rings. The van der Waals surface area contributed by atoms with Crippen LogP contribution < -0.4 is 14.4 Å². The van der Waals surface area contributed by atoms with E-state index < -0.39 is 0 Å². The highest BCUT2D eigenvalue weighted by atomic mass is 32.2. The summed E-state index contributed by atoms with van der Waals surface area (Å²) in [5, 5.41) is -0.147. The van der Waals surface area contributed by atoms with E-state index in [4.69, 9.17) is 9.47 Å². The first kappa shape index (κ1) is 19.4. The molecule has 1 atom stereocenters. The Hall–Kier alpha value is -2.34. The Balaban J connectivity index is 1.57. The van der Waals surface area contributed by atoms with Crippen LogP contribution in [-0.2, 0) is 4.79 Å². The van der Waals surface area contributed by atoms with E-state index in [9.17, 15) is 4.79 Å². The second-order valence-electron chi connectivity index (χ2n) is 6.42. The number of methoxy groups -OCH3 is 2. The van der Waals surface area contributed by atoms with Gasteiger partial charge in [-0.15, -0.1) is 11.8 Å². The third-order valence-corrected chi connectivity index (χ3v) is 5.81. The molecule has 2 aromatic carbocycles. The van der Waals surface area contributed by atoms with Crippen molar-refractivity contribution in [3.05, 3.63) is 48.5 Å². The Morgan fingerprint density at radius 2 is 1.63 bits per heavy atom. The number of hydrogen-bond acceptors (Lipinski definition) is 5. The highest BCUT2D eigenvalue weighted by molar-refractivity contribution is 8.00. The molecule has 5 nitrogen and oxygen atoms in total. The van der Waals surface area contributed by atoms with E-state index in [0.29, 0.717) is 11.5 Å². The first-order chi connectivity index (χ1) is 13.1. The highest BCUT2D eigenvalue weighted by Crippen LogP contribution is 2.34. The third-order valence-electron chi connectivity index (χ3n) is 4.73. The van der Waals surface area contributed by atoms with Crippen molar-refractivity contribution in [3.63, 3.8) is 0 Å². The number of thioether (sulfide) groups is 1. The smallest absolute Gasteiger partial charge is 0.235 e. The number of piperazine rings is 1. The van der Waals surface area contributed by atoms with Gasteiger partial charge in [0.1, 0.15) is 0 Å². The number of amides is 1. The molecule has 1 aliphatic rings. The first-order valence-electron chi connectivity index (χ1n) is 9.10. The van der Waals surface area contributed by atoms with Crippen LogP contribution in [0.25, 0.3) is 0 Å². The maximum atomic E-state index is 12.9. The zero-order valence-electron chi connectivity index (χ0n) is 16.1. The average molecular weight is 387 g/mol. The number of ether oxygens (including phenoxy) is 2.